The molecule has 0 saturated carbocycles. The number of aromatic nitrogens is 3. The highest BCUT2D eigenvalue weighted by Gasteiger charge is 2.23. The number of carbonyl (C=O) groups excluding carboxylic acids is 1. The Bertz CT molecular complexity index is 1360. The number of hydrogen-bond donors (Lipinski definition) is 3. The molecule has 3 aliphatic rings. The number of nitrogens with zero attached hydrogens (tertiary/aromatic N) is 5. The Balaban J connectivity index is 1.27. The SMILES string of the molecule is CN1CCC(NC(=O)c2cnc3c(c2)C(c2ccc4ncnc(NC5CCN(C)CC5)c4c2)=CCN3)CC1. The molecular weight excluding hydrogens is 476 g/mol. The predicted octanol–water partition coefficient (Wildman–Crippen LogP) is 3.21. The van der Waals surface area contributed by atoms with E-state index in [1.54, 1.807) is 12.5 Å². The fraction of sp³-hybridized carbons (Fsp3) is 0.448. The van der Waals surface area contributed by atoms with Gasteiger partial charge in [0.25, 0.3) is 5.91 Å². The third kappa shape index (κ3) is 5.21. The van der Waals surface area contributed by atoms with Crippen LogP contribution in [0.1, 0.15) is 47.2 Å². The van der Waals surface area contributed by atoms with Crippen LogP contribution >= 0.6 is 0 Å². The first-order valence-corrected chi connectivity index (χ1v) is 13.7. The molecule has 0 aliphatic carbocycles. The van der Waals surface area contributed by atoms with E-state index < -0.39 is 0 Å². The monoisotopic (exact) mass is 512 g/mol. The summed E-state index contributed by atoms with van der Waals surface area (Å²) in [7, 11) is 4.30. The van der Waals surface area contributed by atoms with Gasteiger partial charge >= 0.3 is 0 Å². The first-order chi connectivity index (χ1) is 18.5. The summed E-state index contributed by atoms with van der Waals surface area (Å²) in [4.78, 5) is 31.5. The minimum atomic E-state index is -0.0590. The summed E-state index contributed by atoms with van der Waals surface area (Å²) in [6, 6.07) is 8.90. The van der Waals surface area contributed by atoms with Crippen molar-refractivity contribution in [3.63, 3.8) is 0 Å². The number of likely N-dealkylation sites (tertiary alicyclic amines) is 2. The van der Waals surface area contributed by atoms with Crippen LogP contribution in [0.2, 0.25) is 0 Å². The normalized spacial score (nSPS) is 19.5. The van der Waals surface area contributed by atoms with Crippen LogP contribution in [0.25, 0.3) is 16.5 Å². The van der Waals surface area contributed by atoms with E-state index in [9.17, 15) is 4.79 Å². The molecule has 1 aromatic carbocycles. The number of pyridine rings is 1. The lowest BCUT2D eigenvalue weighted by molar-refractivity contribution is 0.0916. The molecule has 0 radical (unpaired) electrons. The molecule has 0 spiro atoms. The molecule has 3 aliphatic heterocycles. The van der Waals surface area contributed by atoms with E-state index in [1.165, 1.54) is 0 Å². The average molecular weight is 513 g/mol. The highest BCUT2D eigenvalue weighted by molar-refractivity contribution is 5.99. The molecule has 9 heteroatoms. The van der Waals surface area contributed by atoms with Crippen LogP contribution in [-0.4, -0.2) is 89.6 Å². The van der Waals surface area contributed by atoms with Crippen molar-refractivity contribution in [3.05, 3.63) is 59.6 Å². The van der Waals surface area contributed by atoms with Gasteiger partial charge < -0.3 is 25.8 Å². The molecule has 2 fully saturated rings. The molecule has 1 amide bonds. The molecule has 198 valence electrons. The number of nitrogens with one attached hydrogen (secondary N) is 3. The van der Waals surface area contributed by atoms with Crippen molar-refractivity contribution in [3.8, 4) is 0 Å². The van der Waals surface area contributed by atoms with Crippen LogP contribution in [0.4, 0.5) is 11.6 Å². The Hall–Kier alpha value is -3.56. The van der Waals surface area contributed by atoms with Gasteiger partial charge in [-0.2, -0.15) is 0 Å². The zero-order valence-electron chi connectivity index (χ0n) is 22.2. The Morgan fingerprint density at radius 1 is 0.947 bits per heavy atom. The summed E-state index contributed by atoms with van der Waals surface area (Å²) in [6.45, 7) is 4.86. The van der Waals surface area contributed by atoms with Gasteiger partial charge in [0, 0.05) is 35.8 Å². The molecule has 2 aromatic heterocycles. The van der Waals surface area contributed by atoms with Crippen LogP contribution in [-0.2, 0) is 0 Å². The van der Waals surface area contributed by atoms with Gasteiger partial charge in [-0.05, 0) is 95.3 Å². The molecule has 5 heterocycles. The number of amides is 1. The predicted molar refractivity (Wildman–Crippen MR) is 151 cm³/mol. The molecule has 6 rings (SSSR count). The lowest BCUT2D eigenvalue weighted by atomic mass is 9.93. The van der Waals surface area contributed by atoms with Crippen LogP contribution in [0.3, 0.4) is 0 Å². The van der Waals surface area contributed by atoms with Gasteiger partial charge in [0.2, 0.25) is 0 Å². The van der Waals surface area contributed by atoms with Crippen molar-refractivity contribution >= 4 is 34.0 Å². The van der Waals surface area contributed by atoms with Gasteiger partial charge in [-0.3, -0.25) is 4.79 Å². The minimum Gasteiger partial charge on any atom is -0.367 e. The smallest absolute Gasteiger partial charge is 0.253 e. The van der Waals surface area contributed by atoms with Gasteiger partial charge in [-0.1, -0.05) is 12.1 Å². The highest BCUT2D eigenvalue weighted by atomic mass is 16.1. The lowest BCUT2D eigenvalue weighted by Gasteiger charge is -2.30. The number of carbonyl (C=O) groups is 1. The number of rotatable bonds is 5. The number of anilines is 2. The third-order valence-corrected chi connectivity index (χ3v) is 8.08. The molecule has 3 aromatic rings. The molecule has 9 nitrogen and oxygen atoms in total. The number of hydrogen-bond acceptors (Lipinski definition) is 8. The van der Waals surface area contributed by atoms with E-state index in [0.29, 0.717) is 18.2 Å². The Morgan fingerprint density at radius 3 is 2.45 bits per heavy atom. The van der Waals surface area contributed by atoms with Crippen LogP contribution in [0, 0.1) is 0 Å². The van der Waals surface area contributed by atoms with Crippen molar-refractivity contribution in [1.29, 1.82) is 0 Å². The summed E-state index contributed by atoms with van der Waals surface area (Å²) >= 11 is 0. The third-order valence-electron chi connectivity index (χ3n) is 8.08. The second kappa shape index (κ2) is 10.7. The second-order valence-corrected chi connectivity index (χ2v) is 10.8. The maximum absolute atomic E-state index is 13.1. The largest absolute Gasteiger partial charge is 0.367 e. The van der Waals surface area contributed by atoms with E-state index >= 15 is 0 Å². The fourth-order valence-corrected chi connectivity index (χ4v) is 5.68. The molecule has 0 unspecified atom stereocenters. The maximum Gasteiger partial charge on any atom is 0.253 e. The Labute approximate surface area is 223 Å². The minimum absolute atomic E-state index is 0.0590. The summed E-state index contributed by atoms with van der Waals surface area (Å²) in [5, 5.41) is 11.3. The molecule has 38 heavy (non-hydrogen) atoms. The molecule has 2 saturated heterocycles. The zero-order chi connectivity index (χ0) is 26.1. The first-order valence-electron chi connectivity index (χ1n) is 13.7. The standard InChI is InChI=1S/C29H36N8O/c1-36-11-6-21(7-12-36)34-28-25-15-19(3-4-26(25)32-18-33-28)23-5-10-30-27-24(23)16-20(17-31-27)29(38)35-22-8-13-37(2)14-9-22/h3-5,15-18,21-22H,6-14H2,1-2H3,(H,30,31)(H,35,38)(H,32,33,34). The van der Waals surface area contributed by atoms with Crippen molar-refractivity contribution < 1.29 is 4.79 Å². The van der Waals surface area contributed by atoms with E-state index in [4.69, 9.17) is 0 Å². The fourth-order valence-electron chi connectivity index (χ4n) is 5.68. The van der Waals surface area contributed by atoms with Gasteiger partial charge in [0.1, 0.15) is 18.0 Å². The summed E-state index contributed by atoms with van der Waals surface area (Å²) in [5.74, 6) is 1.62. The van der Waals surface area contributed by atoms with E-state index in [1.807, 2.05) is 6.07 Å². The molecular formula is C29H36N8O. The molecule has 0 bridgehead atoms. The summed E-state index contributed by atoms with van der Waals surface area (Å²) < 4.78 is 0. The average Bonchev–Trinajstić information content (AvgIpc) is 2.95. The zero-order valence-corrected chi connectivity index (χ0v) is 22.2. The molecule has 3 N–H and O–H groups in total. The van der Waals surface area contributed by atoms with Crippen LogP contribution in [0.5, 0.6) is 0 Å². The lowest BCUT2D eigenvalue weighted by Crippen LogP contribution is -2.43. The van der Waals surface area contributed by atoms with Gasteiger partial charge in [0.05, 0.1) is 11.1 Å². The van der Waals surface area contributed by atoms with E-state index in [2.05, 4.69) is 79.1 Å². The Morgan fingerprint density at radius 2 is 1.68 bits per heavy atom. The maximum atomic E-state index is 13.1. The summed E-state index contributed by atoms with van der Waals surface area (Å²) in [5.41, 5.74) is 4.57. The quantitative estimate of drug-likeness (QED) is 0.480. The van der Waals surface area contributed by atoms with Crippen molar-refractivity contribution in [1.82, 2.24) is 30.1 Å². The number of piperidine rings is 2. The van der Waals surface area contributed by atoms with E-state index in [0.717, 1.165) is 91.1 Å². The first kappa shape index (κ1) is 24.8. The van der Waals surface area contributed by atoms with Crippen molar-refractivity contribution in [2.24, 2.45) is 0 Å². The van der Waals surface area contributed by atoms with Gasteiger partial charge in [-0.15, -0.1) is 0 Å². The van der Waals surface area contributed by atoms with Crippen LogP contribution in [0.15, 0.2) is 42.9 Å². The molecule has 0 atom stereocenters. The topological polar surface area (TPSA) is 98.3 Å². The number of fused-ring (bicyclic) bond motifs is 2. The highest BCUT2D eigenvalue weighted by Crippen LogP contribution is 2.34. The van der Waals surface area contributed by atoms with Crippen molar-refractivity contribution in [2.45, 2.75) is 37.8 Å². The second-order valence-electron chi connectivity index (χ2n) is 10.8. The van der Waals surface area contributed by atoms with Crippen molar-refractivity contribution in [2.75, 3.05) is 57.5 Å². The van der Waals surface area contributed by atoms with E-state index in [-0.39, 0.29) is 11.9 Å². The number of benzene rings is 1. The Kier molecular flexibility index (Phi) is 6.95. The van der Waals surface area contributed by atoms with Crippen LogP contribution < -0.4 is 16.0 Å². The van der Waals surface area contributed by atoms with Gasteiger partial charge in [0.15, 0.2) is 0 Å². The van der Waals surface area contributed by atoms with Gasteiger partial charge in [-0.25, -0.2) is 15.0 Å². The summed E-state index contributed by atoms with van der Waals surface area (Å²) in [6.07, 6.45) is 9.62.